The van der Waals surface area contributed by atoms with Crippen LogP contribution in [0.15, 0.2) is 90.0 Å². The molecule has 1 aliphatic heterocycles. The fourth-order valence-electron chi connectivity index (χ4n) is 3.73. The van der Waals surface area contributed by atoms with Crippen LogP contribution in [0.4, 0.5) is 11.4 Å². The number of anilines is 1. The fraction of sp³-hybridized carbons (Fsp3) is 0.130. The van der Waals surface area contributed by atoms with Crippen LogP contribution < -0.4 is 5.01 Å². The topological polar surface area (TPSA) is 75.8 Å². The molecule has 1 heterocycles. The first-order valence-corrected chi connectivity index (χ1v) is 9.29. The summed E-state index contributed by atoms with van der Waals surface area (Å²) >= 11 is 0. The van der Waals surface area contributed by atoms with Crippen molar-refractivity contribution < 1.29 is 9.72 Å². The second-order valence-corrected chi connectivity index (χ2v) is 6.92. The molecule has 0 N–H and O–H groups in total. The molecule has 6 nitrogen and oxygen atoms in total. The van der Waals surface area contributed by atoms with Crippen LogP contribution in [0.5, 0.6) is 0 Å². The van der Waals surface area contributed by atoms with Gasteiger partial charge in [0.2, 0.25) is 0 Å². The molecule has 1 aliphatic rings. The molecular weight excluding hydrogens is 366 g/mol. The van der Waals surface area contributed by atoms with E-state index < -0.39 is 11.0 Å². The van der Waals surface area contributed by atoms with Crippen LogP contribution in [-0.2, 0) is 0 Å². The number of benzene rings is 3. The fourth-order valence-corrected chi connectivity index (χ4v) is 3.73. The molecular formula is C23H19N3O3. The molecule has 3 aromatic rings. The van der Waals surface area contributed by atoms with E-state index in [1.807, 2.05) is 55.5 Å². The summed E-state index contributed by atoms with van der Waals surface area (Å²) in [6.45, 7) is 1.91. The number of carbonyl (C=O) groups excluding carboxylic acids is 1. The van der Waals surface area contributed by atoms with Crippen LogP contribution in [0, 0.1) is 10.1 Å². The molecule has 0 saturated heterocycles. The summed E-state index contributed by atoms with van der Waals surface area (Å²) in [5.41, 5.74) is 3.08. The van der Waals surface area contributed by atoms with Gasteiger partial charge in [-0.15, -0.1) is 0 Å². The summed E-state index contributed by atoms with van der Waals surface area (Å²) in [4.78, 5) is 24.1. The highest BCUT2D eigenvalue weighted by molar-refractivity contribution is 6.09. The van der Waals surface area contributed by atoms with Crippen molar-refractivity contribution >= 4 is 22.9 Å². The Bertz CT molecular complexity index is 1060. The van der Waals surface area contributed by atoms with Gasteiger partial charge in [-0.05, 0) is 24.6 Å². The zero-order chi connectivity index (χ0) is 20.4. The second kappa shape index (κ2) is 7.67. The third kappa shape index (κ3) is 3.52. The molecule has 0 spiro atoms. The first-order chi connectivity index (χ1) is 14.1. The Balaban J connectivity index is 1.79. The van der Waals surface area contributed by atoms with Crippen molar-refractivity contribution in [3.05, 3.63) is 106 Å². The third-order valence-electron chi connectivity index (χ3n) is 5.11. The molecule has 0 radical (unpaired) electrons. The van der Waals surface area contributed by atoms with Crippen LogP contribution in [0.3, 0.4) is 0 Å². The number of carbonyl (C=O) groups is 1. The maximum absolute atomic E-state index is 13.5. The summed E-state index contributed by atoms with van der Waals surface area (Å²) < 4.78 is 0. The molecule has 0 saturated carbocycles. The Labute approximate surface area is 168 Å². The molecule has 0 aromatic heterocycles. The summed E-state index contributed by atoms with van der Waals surface area (Å²) in [5.74, 6) is -0.252. The van der Waals surface area contributed by atoms with Crippen LogP contribution in [0.1, 0.15) is 28.8 Å². The number of nitro groups is 1. The van der Waals surface area contributed by atoms with E-state index in [9.17, 15) is 14.9 Å². The molecule has 0 unspecified atom stereocenters. The molecule has 3 aromatic carbocycles. The molecule has 0 aliphatic carbocycles. The summed E-state index contributed by atoms with van der Waals surface area (Å²) in [6.07, 6.45) is 0. The van der Waals surface area contributed by atoms with Crippen molar-refractivity contribution in [3.8, 4) is 0 Å². The minimum Gasteiger partial charge on any atom is -0.292 e. The van der Waals surface area contributed by atoms with E-state index in [4.69, 9.17) is 0 Å². The number of nitro benzene ring substituents is 1. The normalized spacial score (nSPS) is 18.4. The second-order valence-electron chi connectivity index (χ2n) is 6.92. The van der Waals surface area contributed by atoms with E-state index in [1.54, 1.807) is 29.3 Å². The third-order valence-corrected chi connectivity index (χ3v) is 5.11. The Kier molecular flexibility index (Phi) is 4.91. The van der Waals surface area contributed by atoms with Gasteiger partial charge in [-0.25, -0.2) is 0 Å². The van der Waals surface area contributed by atoms with Gasteiger partial charge >= 0.3 is 0 Å². The van der Waals surface area contributed by atoms with Gasteiger partial charge in [0.25, 0.3) is 5.69 Å². The van der Waals surface area contributed by atoms with Crippen LogP contribution in [0.25, 0.3) is 0 Å². The van der Waals surface area contributed by atoms with Gasteiger partial charge < -0.3 is 0 Å². The maximum Gasteiger partial charge on any atom is 0.269 e. The number of hydrogen-bond donors (Lipinski definition) is 0. The lowest BCUT2D eigenvalue weighted by atomic mass is 9.84. The highest BCUT2D eigenvalue weighted by Crippen LogP contribution is 2.37. The van der Waals surface area contributed by atoms with E-state index in [-0.39, 0.29) is 17.4 Å². The predicted molar refractivity (Wildman–Crippen MR) is 112 cm³/mol. The molecule has 4 rings (SSSR count). The quantitative estimate of drug-likeness (QED) is 0.358. The van der Waals surface area contributed by atoms with Crippen molar-refractivity contribution in [2.75, 3.05) is 5.01 Å². The first kappa shape index (κ1) is 18.6. The zero-order valence-electron chi connectivity index (χ0n) is 15.8. The average molecular weight is 385 g/mol. The molecule has 0 amide bonds. The number of hydrogen-bond acceptors (Lipinski definition) is 5. The largest absolute Gasteiger partial charge is 0.292 e. The van der Waals surface area contributed by atoms with Gasteiger partial charge in [0.15, 0.2) is 5.78 Å². The minimum absolute atomic E-state index is 0.000747. The lowest BCUT2D eigenvalue weighted by Gasteiger charge is -2.27. The van der Waals surface area contributed by atoms with Gasteiger partial charge in [-0.3, -0.25) is 19.9 Å². The average Bonchev–Trinajstić information content (AvgIpc) is 3.11. The highest BCUT2D eigenvalue weighted by atomic mass is 16.6. The maximum atomic E-state index is 13.5. The number of Topliss-reactive ketones (excluding diaryl/α,β-unsaturated/α-hetero) is 1. The molecule has 0 fully saturated rings. The zero-order valence-corrected chi connectivity index (χ0v) is 15.8. The van der Waals surface area contributed by atoms with Crippen molar-refractivity contribution in [2.45, 2.75) is 18.9 Å². The lowest BCUT2D eigenvalue weighted by Crippen LogP contribution is -2.39. The summed E-state index contributed by atoms with van der Waals surface area (Å²) in [5, 5.41) is 17.4. The van der Waals surface area contributed by atoms with Gasteiger partial charge in [0.05, 0.1) is 16.5 Å². The van der Waals surface area contributed by atoms with Crippen LogP contribution >= 0.6 is 0 Å². The smallest absolute Gasteiger partial charge is 0.269 e. The SMILES string of the molecule is CC1=NN(c2ccc([N+](=O)[O-])cc2)[C@@H](C(=O)c2ccccc2)[C@@H]1c1ccccc1. The molecule has 6 heteroatoms. The molecule has 29 heavy (non-hydrogen) atoms. The Morgan fingerprint density at radius 3 is 2.10 bits per heavy atom. The number of rotatable bonds is 5. The lowest BCUT2D eigenvalue weighted by molar-refractivity contribution is -0.384. The molecule has 144 valence electrons. The number of hydrazone groups is 1. The Morgan fingerprint density at radius 1 is 0.931 bits per heavy atom. The number of ketones is 1. The highest BCUT2D eigenvalue weighted by Gasteiger charge is 2.42. The Hall–Kier alpha value is -3.80. The predicted octanol–water partition coefficient (Wildman–Crippen LogP) is 4.83. The number of nitrogens with zero attached hydrogens (tertiary/aromatic N) is 3. The van der Waals surface area contributed by atoms with E-state index in [1.165, 1.54) is 12.1 Å². The van der Waals surface area contributed by atoms with E-state index >= 15 is 0 Å². The molecule has 0 bridgehead atoms. The summed E-state index contributed by atoms with van der Waals surface area (Å²) in [7, 11) is 0. The number of non-ortho nitro benzene ring substituents is 1. The van der Waals surface area contributed by atoms with Crippen molar-refractivity contribution in [2.24, 2.45) is 5.10 Å². The van der Waals surface area contributed by atoms with Crippen LogP contribution in [0.2, 0.25) is 0 Å². The standard InChI is InChI=1S/C23H19N3O3/c1-16-21(17-8-4-2-5-9-17)22(23(27)18-10-6-3-7-11-18)25(24-16)19-12-14-20(15-13-19)26(28)29/h2-15,21-22H,1H3/t21-,22+/m0/s1. The van der Waals surface area contributed by atoms with Gasteiger partial charge in [-0.2, -0.15) is 5.10 Å². The van der Waals surface area contributed by atoms with Gasteiger partial charge in [0, 0.05) is 23.4 Å². The molecule has 2 atom stereocenters. The van der Waals surface area contributed by atoms with Crippen molar-refractivity contribution in [3.63, 3.8) is 0 Å². The van der Waals surface area contributed by atoms with E-state index in [0.717, 1.165) is 11.3 Å². The van der Waals surface area contributed by atoms with E-state index in [2.05, 4.69) is 5.10 Å². The summed E-state index contributed by atoms with van der Waals surface area (Å²) in [6, 6.07) is 24.5. The van der Waals surface area contributed by atoms with Crippen LogP contribution in [-0.4, -0.2) is 22.5 Å². The van der Waals surface area contributed by atoms with Crippen molar-refractivity contribution in [1.29, 1.82) is 0 Å². The minimum atomic E-state index is -0.568. The van der Waals surface area contributed by atoms with Gasteiger partial charge in [0.1, 0.15) is 6.04 Å². The Morgan fingerprint density at radius 2 is 1.52 bits per heavy atom. The monoisotopic (exact) mass is 385 g/mol. The van der Waals surface area contributed by atoms with E-state index in [0.29, 0.717) is 11.3 Å². The first-order valence-electron chi connectivity index (χ1n) is 9.29. The van der Waals surface area contributed by atoms with Gasteiger partial charge in [-0.1, -0.05) is 60.7 Å². The van der Waals surface area contributed by atoms with Crippen molar-refractivity contribution in [1.82, 2.24) is 0 Å².